The molecule has 4 heteroatoms. The van der Waals surface area contributed by atoms with Crippen LogP contribution in [0.3, 0.4) is 0 Å². The number of fused-ring (bicyclic) bond motifs is 1. The Labute approximate surface area is 128 Å². The largest absolute Gasteiger partial charge is 0.490 e. The maximum absolute atomic E-state index is 12.8. The SMILES string of the molecule is Cc1c(Br)cc2c(c1C)OC[C@@H](N1CCCCC1)C2=O. The molecule has 108 valence electrons. The van der Waals surface area contributed by atoms with Crippen LogP contribution in [-0.4, -0.2) is 36.4 Å². The number of nitrogens with zero attached hydrogens (tertiary/aromatic N) is 1. The molecule has 1 aromatic carbocycles. The highest BCUT2D eigenvalue weighted by atomic mass is 79.9. The molecular weight excluding hydrogens is 318 g/mol. The van der Waals surface area contributed by atoms with Gasteiger partial charge in [0.25, 0.3) is 0 Å². The van der Waals surface area contributed by atoms with Crippen LogP contribution < -0.4 is 4.74 Å². The van der Waals surface area contributed by atoms with Gasteiger partial charge in [-0.3, -0.25) is 9.69 Å². The van der Waals surface area contributed by atoms with Crippen LogP contribution in [0.1, 0.15) is 40.7 Å². The molecule has 1 saturated heterocycles. The van der Waals surface area contributed by atoms with Crippen molar-refractivity contribution in [3.05, 3.63) is 27.2 Å². The van der Waals surface area contributed by atoms with E-state index in [-0.39, 0.29) is 11.8 Å². The van der Waals surface area contributed by atoms with Gasteiger partial charge >= 0.3 is 0 Å². The second kappa shape index (κ2) is 5.49. The quantitative estimate of drug-likeness (QED) is 0.785. The second-order valence-electron chi connectivity index (χ2n) is 5.77. The van der Waals surface area contributed by atoms with Crippen LogP contribution in [0.15, 0.2) is 10.5 Å². The first-order valence-electron chi connectivity index (χ1n) is 7.30. The van der Waals surface area contributed by atoms with Gasteiger partial charge in [-0.2, -0.15) is 0 Å². The van der Waals surface area contributed by atoms with E-state index in [4.69, 9.17) is 4.74 Å². The molecule has 0 spiro atoms. The molecule has 0 bridgehead atoms. The first-order chi connectivity index (χ1) is 9.59. The minimum Gasteiger partial charge on any atom is -0.490 e. The summed E-state index contributed by atoms with van der Waals surface area (Å²) in [5, 5.41) is 0. The Balaban J connectivity index is 1.94. The summed E-state index contributed by atoms with van der Waals surface area (Å²) in [6.45, 7) is 6.59. The highest BCUT2D eigenvalue weighted by Crippen LogP contribution is 2.36. The minimum atomic E-state index is -0.100. The van der Waals surface area contributed by atoms with Crippen molar-refractivity contribution in [1.29, 1.82) is 0 Å². The van der Waals surface area contributed by atoms with Crippen molar-refractivity contribution in [2.75, 3.05) is 19.7 Å². The molecule has 0 saturated carbocycles. The van der Waals surface area contributed by atoms with Crippen molar-refractivity contribution in [2.24, 2.45) is 0 Å². The molecule has 1 aromatic rings. The predicted molar refractivity (Wildman–Crippen MR) is 82.7 cm³/mol. The Kier molecular flexibility index (Phi) is 3.87. The summed E-state index contributed by atoms with van der Waals surface area (Å²) in [6, 6.07) is 1.83. The fourth-order valence-electron chi connectivity index (χ4n) is 3.14. The van der Waals surface area contributed by atoms with Crippen LogP contribution in [0, 0.1) is 13.8 Å². The number of benzene rings is 1. The van der Waals surface area contributed by atoms with E-state index in [0.29, 0.717) is 6.61 Å². The van der Waals surface area contributed by atoms with Crippen molar-refractivity contribution in [1.82, 2.24) is 4.90 Å². The van der Waals surface area contributed by atoms with Gasteiger partial charge in [-0.15, -0.1) is 0 Å². The Morgan fingerprint density at radius 2 is 1.90 bits per heavy atom. The average Bonchev–Trinajstić information content (AvgIpc) is 2.47. The third kappa shape index (κ3) is 2.29. The average molecular weight is 338 g/mol. The Morgan fingerprint density at radius 1 is 1.20 bits per heavy atom. The van der Waals surface area contributed by atoms with Gasteiger partial charge in [-0.05, 0) is 57.0 Å². The molecule has 0 aromatic heterocycles. The highest BCUT2D eigenvalue weighted by molar-refractivity contribution is 9.10. The summed E-state index contributed by atoms with van der Waals surface area (Å²) in [4.78, 5) is 15.1. The van der Waals surface area contributed by atoms with Crippen LogP contribution in [0.5, 0.6) is 5.75 Å². The number of carbonyl (C=O) groups is 1. The first-order valence-corrected chi connectivity index (χ1v) is 8.09. The number of Topliss-reactive ketones (excluding diaryl/α,β-unsaturated/α-hetero) is 1. The lowest BCUT2D eigenvalue weighted by atomic mass is 9.94. The summed E-state index contributed by atoms with van der Waals surface area (Å²) in [7, 11) is 0. The summed E-state index contributed by atoms with van der Waals surface area (Å²) < 4.78 is 6.93. The van der Waals surface area contributed by atoms with Crippen LogP contribution in [0.25, 0.3) is 0 Å². The number of rotatable bonds is 1. The number of hydrogen-bond acceptors (Lipinski definition) is 3. The molecule has 20 heavy (non-hydrogen) atoms. The third-order valence-corrected chi connectivity index (χ3v) is 5.39. The summed E-state index contributed by atoms with van der Waals surface area (Å²) in [6.07, 6.45) is 3.65. The van der Waals surface area contributed by atoms with Gasteiger partial charge < -0.3 is 4.74 Å². The fourth-order valence-corrected chi connectivity index (χ4v) is 3.67. The number of likely N-dealkylation sites (tertiary alicyclic amines) is 1. The van der Waals surface area contributed by atoms with Gasteiger partial charge in [-0.1, -0.05) is 22.4 Å². The zero-order valence-corrected chi connectivity index (χ0v) is 13.6. The number of halogens is 1. The lowest BCUT2D eigenvalue weighted by Crippen LogP contribution is -2.49. The Hall–Kier alpha value is -0.870. The zero-order chi connectivity index (χ0) is 14.3. The summed E-state index contributed by atoms with van der Waals surface area (Å²) >= 11 is 3.55. The van der Waals surface area contributed by atoms with E-state index >= 15 is 0 Å². The monoisotopic (exact) mass is 337 g/mol. The molecule has 0 aliphatic carbocycles. The van der Waals surface area contributed by atoms with Crippen molar-refractivity contribution >= 4 is 21.7 Å². The number of carbonyl (C=O) groups excluding carboxylic acids is 1. The molecular formula is C16H20BrNO2. The third-order valence-electron chi connectivity index (χ3n) is 4.56. The Bertz CT molecular complexity index is 550. The number of ether oxygens (including phenoxy) is 1. The van der Waals surface area contributed by atoms with Gasteiger partial charge in [0.05, 0.1) is 5.56 Å². The molecule has 0 N–H and O–H groups in total. The molecule has 2 aliphatic rings. The van der Waals surface area contributed by atoms with Gasteiger partial charge in [0.1, 0.15) is 18.4 Å². The topological polar surface area (TPSA) is 29.5 Å². The van der Waals surface area contributed by atoms with Crippen molar-refractivity contribution in [2.45, 2.75) is 39.2 Å². The lowest BCUT2D eigenvalue weighted by Gasteiger charge is -2.36. The van der Waals surface area contributed by atoms with Crippen molar-refractivity contribution in [3.8, 4) is 5.75 Å². The van der Waals surface area contributed by atoms with E-state index in [1.165, 1.54) is 19.3 Å². The summed E-state index contributed by atoms with van der Waals surface area (Å²) in [5.74, 6) is 1.00. The van der Waals surface area contributed by atoms with Crippen LogP contribution in [-0.2, 0) is 0 Å². The minimum absolute atomic E-state index is 0.100. The molecule has 0 unspecified atom stereocenters. The van der Waals surface area contributed by atoms with E-state index in [1.54, 1.807) is 0 Å². The van der Waals surface area contributed by atoms with E-state index in [0.717, 1.165) is 40.0 Å². The van der Waals surface area contributed by atoms with Gasteiger partial charge in [0.2, 0.25) is 0 Å². The van der Waals surface area contributed by atoms with Gasteiger partial charge in [-0.25, -0.2) is 0 Å². The molecule has 0 radical (unpaired) electrons. The molecule has 1 fully saturated rings. The van der Waals surface area contributed by atoms with Gasteiger partial charge in [0.15, 0.2) is 5.78 Å². The van der Waals surface area contributed by atoms with Crippen LogP contribution >= 0.6 is 15.9 Å². The van der Waals surface area contributed by atoms with Crippen molar-refractivity contribution < 1.29 is 9.53 Å². The van der Waals surface area contributed by atoms with E-state index in [9.17, 15) is 4.79 Å². The summed E-state index contributed by atoms with van der Waals surface area (Å²) in [5.41, 5.74) is 2.95. The number of piperidine rings is 1. The van der Waals surface area contributed by atoms with Crippen LogP contribution in [0.4, 0.5) is 0 Å². The molecule has 2 heterocycles. The van der Waals surface area contributed by atoms with Crippen LogP contribution in [0.2, 0.25) is 0 Å². The molecule has 1 atom stereocenters. The standard InChI is InChI=1S/C16H20BrNO2/c1-10-11(2)16-12(8-13(10)17)15(19)14(9-20-16)18-6-4-3-5-7-18/h8,14H,3-7,9H2,1-2H3/t14-/m1/s1. The maximum atomic E-state index is 12.8. The predicted octanol–water partition coefficient (Wildman–Crippen LogP) is 3.50. The van der Waals surface area contributed by atoms with E-state index in [2.05, 4.69) is 20.8 Å². The molecule has 2 aliphatic heterocycles. The zero-order valence-electron chi connectivity index (χ0n) is 12.0. The molecule has 3 rings (SSSR count). The number of hydrogen-bond donors (Lipinski definition) is 0. The first kappa shape index (κ1) is 14.1. The normalized spacial score (nSPS) is 23.4. The highest BCUT2D eigenvalue weighted by Gasteiger charge is 2.35. The van der Waals surface area contributed by atoms with Crippen molar-refractivity contribution in [3.63, 3.8) is 0 Å². The van der Waals surface area contributed by atoms with E-state index < -0.39 is 0 Å². The maximum Gasteiger partial charge on any atom is 0.187 e. The fraction of sp³-hybridized carbons (Fsp3) is 0.562. The van der Waals surface area contributed by atoms with Gasteiger partial charge in [0, 0.05) is 4.47 Å². The molecule has 3 nitrogen and oxygen atoms in total. The smallest absolute Gasteiger partial charge is 0.187 e. The number of ketones is 1. The second-order valence-corrected chi connectivity index (χ2v) is 6.63. The molecule has 0 amide bonds. The Morgan fingerprint density at radius 3 is 2.60 bits per heavy atom. The lowest BCUT2D eigenvalue weighted by molar-refractivity contribution is 0.0621. The van der Waals surface area contributed by atoms with E-state index in [1.807, 2.05) is 19.9 Å².